The number of amides is 2. The van der Waals surface area contributed by atoms with Gasteiger partial charge in [0.05, 0.1) is 0 Å². The van der Waals surface area contributed by atoms with Crippen LogP contribution in [0.2, 0.25) is 0 Å². The summed E-state index contributed by atoms with van der Waals surface area (Å²) in [6.45, 7) is 2.87. The third kappa shape index (κ3) is 2.73. The number of rotatable bonds is 3. The monoisotopic (exact) mass is 212 g/mol. The molecule has 0 unspecified atom stereocenters. The average molecular weight is 212 g/mol. The highest BCUT2D eigenvalue weighted by Crippen LogP contribution is 2.16. The summed E-state index contributed by atoms with van der Waals surface area (Å²) >= 11 is 1.75. The lowest BCUT2D eigenvalue weighted by Gasteiger charge is -2.15. The number of carbonyl (C=O) groups excluding carboxylic acids is 1. The van der Waals surface area contributed by atoms with Crippen LogP contribution in [-0.2, 0) is 6.42 Å². The molecule has 2 amide bonds. The van der Waals surface area contributed by atoms with Crippen LogP contribution in [0.5, 0.6) is 0 Å². The van der Waals surface area contributed by atoms with Crippen LogP contribution in [0.1, 0.15) is 10.4 Å². The fourth-order valence-corrected chi connectivity index (χ4v) is 2.12. The van der Waals surface area contributed by atoms with Gasteiger partial charge in [0, 0.05) is 25.5 Å². The normalized spacial score (nSPS) is 9.93. The molecule has 0 aliphatic rings. The summed E-state index contributed by atoms with van der Waals surface area (Å²) < 4.78 is 0. The van der Waals surface area contributed by atoms with Crippen LogP contribution in [0.25, 0.3) is 0 Å². The molecule has 0 atom stereocenters. The number of hydrogen-bond acceptors (Lipinski definition) is 2. The van der Waals surface area contributed by atoms with Crippen molar-refractivity contribution in [1.82, 2.24) is 10.2 Å². The Morgan fingerprint density at radius 3 is 2.86 bits per heavy atom. The molecule has 1 aromatic heterocycles. The fraction of sp³-hybridized carbons (Fsp3) is 0.500. The van der Waals surface area contributed by atoms with E-state index in [0.717, 1.165) is 13.0 Å². The fourth-order valence-electron chi connectivity index (χ4n) is 1.22. The molecule has 0 fully saturated rings. The smallest absolute Gasteiger partial charge is 0.316 e. The van der Waals surface area contributed by atoms with E-state index in [4.69, 9.17) is 0 Å². The molecular weight excluding hydrogens is 196 g/mol. The second-order valence-corrected chi connectivity index (χ2v) is 4.25. The molecule has 14 heavy (non-hydrogen) atoms. The second-order valence-electron chi connectivity index (χ2n) is 3.25. The van der Waals surface area contributed by atoms with E-state index in [9.17, 15) is 4.79 Å². The van der Waals surface area contributed by atoms with Gasteiger partial charge in [0.1, 0.15) is 0 Å². The maximum absolute atomic E-state index is 11.2. The van der Waals surface area contributed by atoms with E-state index in [0.29, 0.717) is 0 Å². The molecule has 0 spiro atoms. The SMILES string of the molecule is CNC(=O)N(C)CCc1sccc1C. The van der Waals surface area contributed by atoms with Crippen molar-refractivity contribution in [2.45, 2.75) is 13.3 Å². The Kier molecular flexibility index (Phi) is 3.95. The van der Waals surface area contributed by atoms with E-state index >= 15 is 0 Å². The summed E-state index contributed by atoms with van der Waals surface area (Å²) in [5.41, 5.74) is 1.32. The molecule has 78 valence electrons. The molecule has 0 aromatic carbocycles. The lowest BCUT2D eigenvalue weighted by atomic mass is 10.2. The van der Waals surface area contributed by atoms with Crippen molar-refractivity contribution in [3.05, 3.63) is 21.9 Å². The maximum atomic E-state index is 11.2. The first-order chi connectivity index (χ1) is 6.65. The predicted octanol–water partition coefficient (Wildman–Crippen LogP) is 1.87. The Morgan fingerprint density at radius 2 is 2.36 bits per heavy atom. The van der Waals surface area contributed by atoms with Crippen molar-refractivity contribution in [2.24, 2.45) is 0 Å². The molecule has 0 radical (unpaired) electrons. The molecule has 0 aliphatic heterocycles. The number of nitrogens with zero attached hydrogens (tertiary/aromatic N) is 1. The van der Waals surface area contributed by atoms with Gasteiger partial charge in [0.15, 0.2) is 0 Å². The van der Waals surface area contributed by atoms with E-state index in [1.165, 1.54) is 10.4 Å². The van der Waals surface area contributed by atoms with Crippen LogP contribution >= 0.6 is 11.3 Å². The van der Waals surface area contributed by atoms with Gasteiger partial charge >= 0.3 is 6.03 Å². The highest BCUT2D eigenvalue weighted by molar-refractivity contribution is 7.10. The van der Waals surface area contributed by atoms with Gasteiger partial charge < -0.3 is 10.2 Å². The van der Waals surface area contributed by atoms with Crippen molar-refractivity contribution in [1.29, 1.82) is 0 Å². The lowest BCUT2D eigenvalue weighted by Crippen LogP contribution is -2.36. The molecule has 4 heteroatoms. The van der Waals surface area contributed by atoms with Gasteiger partial charge in [-0.15, -0.1) is 11.3 Å². The first-order valence-electron chi connectivity index (χ1n) is 4.61. The average Bonchev–Trinajstić information content (AvgIpc) is 2.59. The second kappa shape index (κ2) is 5.00. The zero-order chi connectivity index (χ0) is 10.6. The van der Waals surface area contributed by atoms with Gasteiger partial charge in [-0.3, -0.25) is 0 Å². The van der Waals surface area contributed by atoms with Crippen LogP contribution in [-0.4, -0.2) is 31.6 Å². The quantitative estimate of drug-likeness (QED) is 0.815. The Morgan fingerprint density at radius 1 is 1.64 bits per heavy atom. The summed E-state index contributed by atoms with van der Waals surface area (Å²) in [5.74, 6) is 0. The van der Waals surface area contributed by atoms with Crippen LogP contribution in [0.4, 0.5) is 4.79 Å². The summed E-state index contributed by atoms with van der Waals surface area (Å²) in [4.78, 5) is 14.2. The highest BCUT2D eigenvalue weighted by Gasteiger charge is 2.06. The molecular formula is C10H16N2OS. The summed E-state index contributed by atoms with van der Waals surface area (Å²) in [5, 5.41) is 4.69. The van der Waals surface area contributed by atoms with Gasteiger partial charge in [-0.2, -0.15) is 0 Å². The Bertz CT molecular complexity index is 309. The van der Waals surface area contributed by atoms with Crippen LogP contribution in [0.3, 0.4) is 0 Å². The van der Waals surface area contributed by atoms with Crippen molar-refractivity contribution < 1.29 is 4.79 Å². The molecule has 0 bridgehead atoms. The van der Waals surface area contributed by atoms with E-state index in [-0.39, 0.29) is 6.03 Å². The van der Waals surface area contributed by atoms with E-state index in [1.807, 2.05) is 7.05 Å². The minimum Gasteiger partial charge on any atom is -0.341 e. The molecule has 1 N–H and O–H groups in total. The number of likely N-dealkylation sites (N-methyl/N-ethyl adjacent to an activating group) is 1. The number of aryl methyl sites for hydroxylation is 1. The minimum atomic E-state index is -0.0285. The number of urea groups is 1. The lowest BCUT2D eigenvalue weighted by molar-refractivity contribution is 0.212. The predicted molar refractivity (Wildman–Crippen MR) is 59.8 cm³/mol. The first kappa shape index (κ1) is 11.0. The van der Waals surface area contributed by atoms with Crippen LogP contribution < -0.4 is 5.32 Å². The van der Waals surface area contributed by atoms with Crippen molar-refractivity contribution in [3.63, 3.8) is 0 Å². The van der Waals surface area contributed by atoms with Crippen molar-refractivity contribution in [2.75, 3.05) is 20.6 Å². The molecule has 1 rings (SSSR count). The largest absolute Gasteiger partial charge is 0.341 e. The Labute approximate surface area is 88.7 Å². The van der Waals surface area contributed by atoms with Crippen LogP contribution in [0, 0.1) is 6.92 Å². The Hall–Kier alpha value is -1.03. The van der Waals surface area contributed by atoms with Crippen molar-refractivity contribution >= 4 is 17.4 Å². The number of carbonyl (C=O) groups is 1. The molecule has 1 aromatic rings. The standard InChI is InChI=1S/C10H16N2OS/c1-8-5-7-14-9(8)4-6-12(3)10(13)11-2/h5,7H,4,6H2,1-3H3,(H,11,13). The molecule has 3 nitrogen and oxygen atoms in total. The summed E-state index contributed by atoms with van der Waals surface area (Å²) in [7, 11) is 3.46. The molecule has 0 saturated carbocycles. The summed E-state index contributed by atoms with van der Waals surface area (Å²) in [6.07, 6.45) is 0.938. The van der Waals surface area contributed by atoms with Crippen LogP contribution in [0.15, 0.2) is 11.4 Å². The molecule has 0 saturated heterocycles. The van der Waals surface area contributed by atoms with Gasteiger partial charge in [-0.1, -0.05) is 0 Å². The zero-order valence-electron chi connectivity index (χ0n) is 8.83. The third-order valence-electron chi connectivity index (χ3n) is 2.20. The third-order valence-corrected chi connectivity index (χ3v) is 3.29. The van der Waals surface area contributed by atoms with Gasteiger partial charge in [-0.05, 0) is 30.4 Å². The summed E-state index contributed by atoms with van der Waals surface area (Å²) in [6, 6.07) is 2.08. The Balaban J connectivity index is 2.41. The topological polar surface area (TPSA) is 32.3 Å². The van der Waals surface area contributed by atoms with E-state index < -0.39 is 0 Å². The number of thiophene rings is 1. The maximum Gasteiger partial charge on any atom is 0.316 e. The number of hydrogen-bond donors (Lipinski definition) is 1. The minimum absolute atomic E-state index is 0.0285. The van der Waals surface area contributed by atoms with E-state index in [2.05, 4.69) is 23.7 Å². The van der Waals surface area contributed by atoms with Crippen molar-refractivity contribution in [3.8, 4) is 0 Å². The van der Waals surface area contributed by atoms with Gasteiger partial charge in [-0.25, -0.2) is 4.79 Å². The zero-order valence-corrected chi connectivity index (χ0v) is 9.65. The highest BCUT2D eigenvalue weighted by atomic mass is 32.1. The van der Waals surface area contributed by atoms with E-state index in [1.54, 1.807) is 23.3 Å². The molecule has 0 aliphatic carbocycles. The first-order valence-corrected chi connectivity index (χ1v) is 5.49. The number of nitrogens with one attached hydrogen (secondary N) is 1. The molecule has 1 heterocycles. The van der Waals surface area contributed by atoms with Gasteiger partial charge in [0.2, 0.25) is 0 Å². The van der Waals surface area contributed by atoms with Gasteiger partial charge in [0.25, 0.3) is 0 Å².